The number of amides is 2. The first-order valence-corrected chi connectivity index (χ1v) is 12.8. The maximum atomic E-state index is 13.3. The minimum absolute atomic E-state index is 0.0555. The summed E-state index contributed by atoms with van der Waals surface area (Å²) in [5, 5.41) is 14.0. The van der Waals surface area contributed by atoms with E-state index in [0.717, 1.165) is 35.1 Å². The third kappa shape index (κ3) is 8.84. The van der Waals surface area contributed by atoms with Crippen LogP contribution in [0.5, 0.6) is 5.75 Å². The van der Waals surface area contributed by atoms with Crippen LogP contribution in [0.4, 0.5) is 11.4 Å². The van der Waals surface area contributed by atoms with Crippen molar-refractivity contribution in [2.45, 2.75) is 36.8 Å². The minimum Gasteiger partial charge on any atom is -0.494 e. The van der Waals surface area contributed by atoms with E-state index in [-0.39, 0.29) is 11.5 Å². The average molecular weight is 519 g/mol. The van der Waals surface area contributed by atoms with Gasteiger partial charge in [-0.15, -0.1) is 11.8 Å². The number of carbonyl (C=O) groups is 3. The number of nitrogens with one attached hydrogen (secondary N) is 2. The lowest BCUT2D eigenvalue weighted by Gasteiger charge is -2.17. The highest BCUT2D eigenvalue weighted by Crippen LogP contribution is 2.36. The number of benzene rings is 3. The molecule has 0 bridgehead atoms. The summed E-state index contributed by atoms with van der Waals surface area (Å²) in [7, 11) is 0. The van der Waals surface area contributed by atoms with Gasteiger partial charge in [0.1, 0.15) is 11.0 Å². The number of aliphatic carboxylic acids is 1. The van der Waals surface area contributed by atoms with Crippen molar-refractivity contribution >= 4 is 40.9 Å². The zero-order valence-electron chi connectivity index (χ0n) is 20.8. The summed E-state index contributed by atoms with van der Waals surface area (Å²) >= 11 is 1.39. The highest BCUT2D eigenvalue weighted by Gasteiger charge is 2.22. The molecular weight excluding hydrogens is 488 g/mol. The van der Waals surface area contributed by atoms with E-state index in [1.54, 1.807) is 24.3 Å². The molecule has 3 aromatic rings. The standard InChI is InChI=1S/C29H30N2O5S/c1-3-4-18-36-24-14-10-23(11-15-24)31-28(33)27(21-8-6-5-7-9-21)37-25-16-12-22(13-17-25)30-26(32)19-20(2)29(34)35/h5-17,19,27H,3-4,18H2,1-2H3,(H,30,32)(H,31,33)(H,34,35)/b20-19+/t27-/m0/s1. The summed E-state index contributed by atoms with van der Waals surface area (Å²) in [6.45, 7) is 4.13. The Balaban J connectivity index is 1.69. The Hall–Kier alpha value is -4.04. The minimum atomic E-state index is -1.15. The van der Waals surface area contributed by atoms with Crippen LogP contribution in [0.3, 0.4) is 0 Å². The van der Waals surface area contributed by atoms with Crippen LogP contribution in [-0.2, 0) is 14.4 Å². The summed E-state index contributed by atoms with van der Waals surface area (Å²) in [4.78, 5) is 37.0. The molecule has 0 aromatic heterocycles. The van der Waals surface area contributed by atoms with Gasteiger partial charge in [0, 0.05) is 27.9 Å². The molecule has 3 rings (SSSR count). The smallest absolute Gasteiger partial charge is 0.331 e. The largest absolute Gasteiger partial charge is 0.494 e. The van der Waals surface area contributed by atoms with Gasteiger partial charge >= 0.3 is 5.97 Å². The van der Waals surface area contributed by atoms with Crippen molar-refractivity contribution in [2.24, 2.45) is 0 Å². The number of unbranched alkanes of at least 4 members (excludes halogenated alkanes) is 1. The van der Waals surface area contributed by atoms with Crippen molar-refractivity contribution in [3.63, 3.8) is 0 Å². The first-order chi connectivity index (χ1) is 17.9. The first kappa shape index (κ1) is 27.5. The number of carboxylic acids is 1. The predicted molar refractivity (Wildman–Crippen MR) is 147 cm³/mol. The van der Waals surface area contributed by atoms with Gasteiger partial charge in [0.2, 0.25) is 11.8 Å². The molecule has 0 aliphatic carbocycles. The number of hydrogen-bond acceptors (Lipinski definition) is 5. The van der Waals surface area contributed by atoms with Gasteiger partial charge in [-0.3, -0.25) is 9.59 Å². The normalized spacial score (nSPS) is 11.9. The number of carboxylic acid groups (broad SMARTS) is 1. The van der Waals surface area contributed by atoms with Crippen molar-refractivity contribution in [3.8, 4) is 5.75 Å². The number of thioether (sulfide) groups is 1. The molecular formula is C29H30N2O5S. The van der Waals surface area contributed by atoms with Gasteiger partial charge in [0.15, 0.2) is 0 Å². The monoisotopic (exact) mass is 518 g/mol. The van der Waals surface area contributed by atoms with Crippen molar-refractivity contribution in [2.75, 3.05) is 17.2 Å². The molecule has 1 atom stereocenters. The number of carbonyl (C=O) groups excluding carboxylic acids is 2. The molecule has 0 radical (unpaired) electrons. The van der Waals surface area contributed by atoms with Gasteiger partial charge < -0.3 is 20.5 Å². The highest BCUT2D eigenvalue weighted by molar-refractivity contribution is 8.00. The van der Waals surface area contributed by atoms with Crippen molar-refractivity contribution in [1.82, 2.24) is 0 Å². The van der Waals surface area contributed by atoms with Gasteiger partial charge in [-0.25, -0.2) is 4.79 Å². The molecule has 0 heterocycles. The van der Waals surface area contributed by atoms with Gasteiger partial charge in [0.25, 0.3) is 0 Å². The highest BCUT2D eigenvalue weighted by atomic mass is 32.2. The van der Waals surface area contributed by atoms with Crippen LogP contribution in [0.15, 0.2) is 95.4 Å². The second kappa shape index (κ2) is 13.9. The molecule has 2 amide bonds. The summed E-state index contributed by atoms with van der Waals surface area (Å²) in [5.41, 5.74) is 2.00. The van der Waals surface area contributed by atoms with E-state index in [4.69, 9.17) is 9.84 Å². The quantitative estimate of drug-likeness (QED) is 0.147. The molecule has 0 spiro atoms. The Labute approximate surface area is 220 Å². The number of rotatable bonds is 12. The topological polar surface area (TPSA) is 105 Å². The first-order valence-electron chi connectivity index (χ1n) is 11.9. The molecule has 37 heavy (non-hydrogen) atoms. The Morgan fingerprint density at radius 1 is 0.919 bits per heavy atom. The fourth-order valence-electron chi connectivity index (χ4n) is 3.27. The zero-order valence-corrected chi connectivity index (χ0v) is 21.6. The molecule has 0 saturated carbocycles. The molecule has 3 N–H and O–H groups in total. The second-order valence-corrected chi connectivity index (χ2v) is 9.45. The Morgan fingerprint density at radius 3 is 2.16 bits per heavy atom. The molecule has 0 unspecified atom stereocenters. The molecule has 0 aliphatic rings. The van der Waals surface area contributed by atoms with E-state index < -0.39 is 17.1 Å². The molecule has 192 valence electrons. The lowest BCUT2D eigenvalue weighted by atomic mass is 10.1. The van der Waals surface area contributed by atoms with Crippen LogP contribution in [-0.4, -0.2) is 29.5 Å². The summed E-state index contributed by atoms with van der Waals surface area (Å²) < 4.78 is 5.69. The second-order valence-electron chi connectivity index (χ2n) is 8.27. The number of hydrogen-bond donors (Lipinski definition) is 3. The van der Waals surface area contributed by atoms with E-state index in [1.807, 2.05) is 54.6 Å². The average Bonchev–Trinajstić information content (AvgIpc) is 2.89. The van der Waals surface area contributed by atoms with Crippen LogP contribution in [0.1, 0.15) is 37.5 Å². The zero-order chi connectivity index (χ0) is 26.6. The predicted octanol–water partition coefficient (Wildman–Crippen LogP) is 6.31. The fraction of sp³-hybridized carbons (Fsp3) is 0.207. The van der Waals surface area contributed by atoms with Crippen LogP contribution in [0, 0.1) is 0 Å². The Morgan fingerprint density at radius 2 is 1.54 bits per heavy atom. The third-order valence-corrected chi connectivity index (χ3v) is 6.56. The van der Waals surface area contributed by atoms with E-state index in [0.29, 0.717) is 18.0 Å². The summed E-state index contributed by atoms with van der Waals surface area (Å²) in [6.07, 6.45) is 3.09. The molecule has 8 heteroatoms. The number of ether oxygens (including phenoxy) is 1. The Bertz CT molecular complexity index is 1230. The van der Waals surface area contributed by atoms with E-state index in [2.05, 4.69) is 17.6 Å². The SMILES string of the molecule is CCCCOc1ccc(NC(=O)[C@@H](Sc2ccc(NC(=O)/C=C(\C)C(=O)O)cc2)c2ccccc2)cc1. The molecule has 0 fully saturated rings. The lowest BCUT2D eigenvalue weighted by Crippen LogP contribution is -2.19. The van der Waals surface area contributed by atoms with E-state index in [1.165, 1.54) is 18.7 Å². The van der Waals surface area contributed by atoms with E-state index >= 15 is 0 Å². The van der Waals surface area contributed by atoms with Crippen LogP contribution in [0.2, 0.25) is 0 Å². The molecule has 3 aromatic carbocycles. The number of anilines is 2. The fourth-order valence-corrected chi connectivity index (χ4v) is 4.29. The summed E-state index contributed by atoms with van der Waals surface area (Å²) in [5.74, 6) is -1.07. The molecule has 0 saturated heterocycles. The van der Waals surface area contributed by atoms with Crippen LogP contribution in [0.25, 0.3) is 0 Å². The van der Waals surface area contributed by atoms with Gasteiger partial charge in [-0.2, -0.15) is 0 Å². The third-order valence-electron chi connectivity index (χ3n) is 5.29. The molecule has 7 nitrogen and oxygen atoms in total. The van der Waals surface area contributed by atoms with Crippen LogP contribution >= 0.6 is 11.8 Å². The molecule has 0 aliphatic heterocycles. The maximum absolute atomic E-state index is 13.3. The Kier molecular flexibility index (Phi) is 10.3. The van der Waals surface area contributed by atoms with Crippen LogP contribution < -0.4 is 15.4 Å². The van der Waals surface area contributed by atoms with Gasteiger partial charge in [-0.1, -0.05) is 43.7 Å². The maximum Gasteiger partial charge on any atom is 0.331 e. The van der Waals surface area contributed by atoms with Gasteiger partial charge in [0.05, 0.1) is 6.61 Å². The van der Waals surface area contributed by atoms with Crippen molar-refractivity contribution in [1.29, 1.82) is 0 Å². The van der Waals surface area contributed by atoms with Crippen molar-refractivity contribution < 1.29 is 24.2 Å². The lowest BCUT2D eigenvalue weighted by molar-refractivity contribution is -0.132. The van der Waals surface area contributed by atoms with E-state index in [9.17, 15) is 14.4 Å². The van der Waals surface area contributed by atoms with Crippen molar-refractivity contribution in [3.05, 3.63) is 96.1 Å². The van der Waals surface area contributed by atoms with Gasteiger partial charge in [-0.05, 0) is 67.4 Å². The summed E-state index contributed by atoms with van der Waals surface area (Å²) in [6, 6.07) is 23.9.